The van der Waals surface area contributed by atoms with Crippen LogP contribution in [0.4, 0.5) is 57.1 Å². The Labute approximate surface area is 328 Å². The first-order chi connectivity index (χ1) is 26.9. The topological polar surface area (TPSA) is 77.1 Å². The molecule has 0 aromatic heterocycles. The van der Waals surface area contributed by atoms with Crippen LogP contribution in [0.3, 0.4) is 0 Å². The smallest absolute Gasteiger partial charge is 0.415 e. The molecule has 0 amide bonds. The summed E-state index contributed by atoms with van der Waals surface area (Å²) in [7, 11) is -0.0146. The van der Waals surface area contributed by atoms with Gasteiger partial charge in [-0.25, -0.2) is 9.18 Å². The van der Waals surface area contributed by atoms with Gasteiger partial charge in [-0.05, 0) is 80.3 Å². The number of ether oxygens (including phenoxy) is 2. The molecule has 5 aliphatic rings. The molecule has 5 fully saturated rings. The summed E-state index contributed by atoms with van der Waals surface area (Å²) in [5.41, 5.74) is -10.4. The first kappa shape index (κ1) is 44.3. The quantitative estimate of drug-likeness (QED) is 0.0474. The van der Waals surface area contributed by atoms with Gasteiger partial charge in [-0.15, -0.1) is 0 Å². The summed E-state index contributed by atoms with van der Waals surface area (Å²) < 4.78 is 195. The second-order valence-electron chi connectivity index (χ2n) is 14.7. The van der Waals surface area contributed by atoms with E-state index in [0.717, 1.165) is 0 Å². The lowest BCUT2D eigenvalue weighted by Gasteiger charge is -2.61. The SMILES string of the molecule is O=C(OC12CC3CC(CC(OCC4(F)C(F)(F)C(F)(F)C(F)(F)C(F)(F)C4(F)F)(C3)C1)C2)C(F)(F)SOO[O-].c1ccc([S+](c2ccccc2)c2ccccc2)cc1. The number of hydrogen-bond acceptors (Lipinski definition) is 7. The van der Waals surface area contributed by atoms with Gasteiger partial charge in [-0.3, -0.25) is 5.04 Å². The molecule has 3 aromatic carbocycles. The third kappa shape index (κ3) is 7.24. The van der Waals surface area contributed by atoms with Crippen molar-refractivity contribution in [3.8, 4) is 0 Å². The normalized spacial score (nSPS) is 29.3. The van der Waals surface area contributed by atoms with Crippen molar-refractivity contribution in [1.82, 2.24) is 0 Å². The number of carbonyl (C=O) groups is 1. The molecule has 2 unspecified atom stereocenters. The molecule has 5 saturated carbocycles. The first-order valence-corrected chi connectivity index (χ1v) is 19.3. The molecular formula is C37H31F13O6S2. The number of esters is 1. The van der Waals surface area contributed by atoms with Gasteiger partial charge in [0, 0.05) is 6.42 Å². The van der Waals surface area contributed by atoms with Crippen LogP contribution < -0.4 is 5.26 Å². The van der Waals surface area contributed by atoms with E-state index in [-0.39, 0.29) is 43.0 Å². The zero-order chi connectivity index (χ0) is 42.6. The predicted octanol–water partition coefficient (Wildman–Crippen LogP) is 9.78. The van der Waals surface area contributed by atoms with Gasteiger partial charge in [-0.1, -0.05) is 54.6 Å². The maximum atomic E-state index is 15.2. The number of carbonyl (C=O) groups excluding carboxylic acids is 1. The maximum Gasteiger partial charge on any atom is 0.415 e. The van der Waals surface area contributed by atoms with E-state index in [4.69, 9.17) is 9.47 Å². The Morgan fingerprint density at radius 3 is 1.41 bits per heavy atom. The van der Waals surface area contributed by atoms with Gasteiger partial charge in [0.15, 0.2) is 14.7 Å². The summed E-state index contributed by atoms with van der Waals surface area (Å²) in [5, 5.41) is 7.93. The van der Waals surface area contributed by atoms with Gasteiger partial charge in [0.25, 0.3) is 5.67 Å². The third-order valence-corrected chi connectivity index (χ3v) is 13.5. The summed E-state index contributed by atoms with van der Waals surface area (Å²) in [6.45, 7) is -2.92. The van der Waals surface area contributed by atoms with Gasteiger partial charge < -0.3 is 14.7 Å². The molecule has 0 N–H and O–H groups in total. The van der Waals surface area contributed by atoms with Gasteiger partial charge in [0.1, 0.15) is 17.6 Å². The van der Waals surface area contributed by atoms with Crippen LogP contribution in [0, 0.1) is 11.8 Å². The number of hydrogen-bond donors (Lipinski definition) is 0. The molecule has 8 rings (SSSR count). The summed E-state index contributed by atoms with van der Waals surface area (Å²) in [6.07, 6.45) is -1.48. The molecule has 5 aliphatic carbocycles. The van der Waals surface area contributed by atoms with E-state index in [1.54, 1.807) is 0 Å². The summed E-state index contributed by atoms with van der Waals surface area (Å²) in [4.78, 5) is 16.1. The molecule has 2 atom stereocenters. The van der Waals surface area contributed by atoms with E-state index in [9.17, 15) is 62.7 Å². The van der Waals surface area contributed by atoms with Crippen molar-refractivity contribution in [2.24, 2.45) is 11.8 Å². The molecule has 0 heterocycles. The van der Waals surface area contributed by atoms with Crippen molar-refractivity contribution in [1.29, 1.82) is 0 Å². The van der Waals surface area contributed by atoms with Crippen LogP contribution in [0.2, 0.25) is 0 Å². The summed E-state index contributed by atoms with van der Waals surface area (Å²) >= 11 is -1.05. The van der Waals surface area contributed by atoms with Crippen LogP contribution in [0.15, 0.2) is 106 Å². The van der Waals surface area contributed by atoms with E-state index in [1.165, 1.54) is 14.7 Å². The van der Waals surface area contributed by atoms with Gasteiger partial charge in [0.05, 0.1) is 23.1 Å². The lowest BCUT2D eigenvalue weighted by molar-refractivity contribution is -0.777. The highest BCUT2D eigenvalue weighted by Crippen LogP contribution is 2.70. The molecule has 318 valence electrons. The van der Waals surface area contributed by atoms with Crippen molar-refractivity contribution in [3.05, 3.63) is 91.0 Å². The summed E-state index contributed by atoms with van der Waals surface area (Å²) in [6, 6.07) is 32.2. The van der Waals surface area contributed by atoms with Crippen LogP contribution in [0.5, 0.6) is 0 Å². The molecule has 58 heavy (non-hydrogen) atoms. The average Bonchev–Trinajstić information content (AvgIpc) is 3.16. The zero-order valence-electron chi connectivity index (χ0n) is 29.4. The Balaban J connectivity index is 0.000000247. The summed E-state index contributed by atoms with van der Waals surface area (Å²) in [5.74, 6) is -39.7. The first-order valence-electron chi connectivity index (χ1n) is 17.3. The maximum absolute atomic E-state index is 15.2. The Hall–Kier alpha value is -3.24. The van der Waals surface area contributed by atoms with Crippen LogP contribution in [-0.4, -0.2) is 64.3 Å². The zero-order valence-corrected chi connectivity index (χ0v) is 31.1. The van der Waals surface area contributed by atoms with Gasteiger partial charge in [-0.2, -0.15) is 57.0 Å². The lowest BCUT2D eigenvalue weighted by Crippen LogP contribution is -2.84. The van der Waals surface area contributed by atoms with Crippen LogP contribution in [0.25, 0.3) is 0 Å². The van der Waals surface area contributed by atoms with Crippen molar-refractivity contribution >= 4 is 28.9 Å². The van der Waals surface area contributed by atoms with E-state index in [2.05, 4.69) is 100 Å². The highest BCUT2D eigenvalue weighted by molar-refractivity contribution is 7.97. The highest BCUT2D eigenvalue weighted by atomic mass is 32.2. The largest absolute Gasteiger partial charge is 0.691 e. The lowest BCUT2D eigenvalue weighted by atomic mass is 9.52. The van der Waals surface area contributed by atoms with Crippen LogP contribution in [-0.2, 0) is 34.5 Å². The van der Waals surface area contributed by atoms with E-state index in [1.807, 2.05) is 0 Å². The number of halogens is 13. The number of rotatable bonds is 11. The Morgan fingerprint density at radius 1 is 0.638 bits per heavy atom. The number of benzene rings is 3. The minimum Gasteiger partial charge on any atom is -0.691 e. The molecule has 0 aliphatic heterocycles. The molecular weight excluding hydrogens is 852 g/mol. The second-order valence-corrected chi connectivity index (χ2v) is 17.5. The van der Waals surface area contributed by atoms with Crippen molar-refractivity contribution in [3.63, 3.8) is 0 Å². The molecule has 4 bridgehead atoms. The molecule has 0 radical (unpaired) electrons. The molecule has 21 heteroatoms. The average molecular weight is 883 g/mol. The fourth-order valence-electron chi connectivity index (χ4n) is 8.53. The van der Waals surface area contributed by atoms with Gasteiger partial charge >= 0.3 is 40.8 Å². The Bertz CT molecular complexity index is 1770. The fourth-order valence-corrected chi connectivity index (χ4v) is 10.9. The monoisotopic (exact) mass is 882 g/mol. The second kappa shape index (κ2) is 15.3. The minimum atomic E-state index is -7.37. The van der Waals surface area contributed by atoms with E-state index < -0.39 is 94.6 Å². The molecule has 6 nitrogen and oxygen atoms in total. The van der Waals surface area contributed by atoms with Gasteiger partial charge in [0.2, 0.25) is 0 Å². The van der Waals surface area contributed by atoms with Crippen molar-refractivity contribution < 1.29 is 86.0 Å². The van der Waals surface area contributed by atoms with Crippen molar-refractivity contribution in [2.75, 3.05) is 6.61 Å². The standard InChI is InChI=1S/C19H17F13O6S.C18H15S/c20-13(15(23,24)17(27,28)19(31,32)18(29,30)16(13,25)26)7-35-11-2-8-1-9(3-11)5-12(4-8,6-11)36-10(33)14(21,22)39-38-37-34;1-4-10-16(11-5-1)19(17-12-6-2-7-13-17)18-14-8-3-9-15-18/h8-9,34H,1-7H2;1-15H/q;+1/p-1. The molecule has 0 spiro atoms. The number of alkyl halides is 13. The van der Waals surface area contributed by atoms with Crippen molar-refractivity contribution in [2.45, 2.75) is 105 Å². The Morgan fingerprint density at radius 2 is 1.02 bits per heavy atom. The fraction of sp³-hybridized carbons (Fsp3) is 0.486. The minimum absolute atomic E-state index is 0.0146. The van der Waals surface area contributed by atoms with Crippen LogP contribution >= 0.6 is 12.0 Å². The Kier molecular flexibility index (Phi) is 11.7. The van der Waals surface area contributed by atoms with E-state index in [0.29, 0.717) is 0 Å². The third-order valence-electron chi connectivity index (χ3n) is 10.8. The van der Waals surface area contributed by atoms with E-state index >= 15 is 4.39 Å². The van der Waals surface area contributed by atoms with Crippen LogP contribution in [0.1, 0.15) is 38.5 Å². The highest BCUT2D eigenvalue weighted by Gasteiger charge is 3.01. The molecule has 3 aromatic rings. The molecule has 0 saturated heterocycles. The predicted molar refractivity (Wildman–Crippen MR) is 177 cm³/mol.